The second-order valence-electron chi connectivity index (χ2n) is 8.75. The highest BCUT2D eigenvalue weighted by atomic mass is 32.2. The van der Waals surface area contributed by atoms with Gasteiger partial charge in [0.25, 0.3) is 5.91 Å². The molecule has 0 radical (unpaired) electrons. The first kappa shape index (κ1) is 22.6. The van der Waals surface area contributed by atoms with E-state index in [1.165, 1.54) is 6.20 Å². The van der Waals surface area contributed by atoms with Crippen LogP contribution in [0.2, 0.25) is 0 Å². The maximum Gasteiger partial charge on any atom is 0.256 e. The van der Waals surface area contributed by atoms with Crippen molar-refractivity contribution in [1.82, 2.24) is 14.2 Å². The Morgan fingerprint density at radius 1 is 1.09 bits per heavy atom. The summed E-state index contributed by atoms with van der Waals surface area (Å²) in [4.78, 5) is 19.4. The van der Waals surface area contributed by atoms with Crippen LogP contribution in [0.1, 0.15) is 28.8 Å². The molecule has 1 atom stereocenters. The topological polar surface area (TPSA) is 77.3 Å². The van der Waals surface area contributed by atoms with Crippen LogP contribution in [0.5, 0.6) is 0 Å². The molecular weight excluding hydrogens is 458 g/mol. The zero-order valence-electron chi connectivity index (χ0n) is 18.6. The predicted octanol–water partition coefficient (Wildman–Crippen LogP) is 3.79. The van der Waals surface area contributed by atoms with Crippen LogP contribution in [0.4, 0.5) is 8.78 Å². The van der Waals surface area contributed by atoms with Gasteiger partial charge in [-0.25, -0.2) is 17.3 Å². The number of rotatable bonds is 4. The Morgan fingerprint density at radius 2 is 1.74 bits per heavy atom. The molecule has 1 aliphatic carbocycles. The second-order valence-corrected chi connectivity index (χ2v) is 10.1. The second kappa shape index (κ2) is 8.53. The van der Waals surface area contributed by atoms with Gasteiger partial charge in [0.05, 0.1) is 33.5 Å². The molecule has 1 aliphatic heterocycles. The molecule has 3 aromatic rings. The van der Waals surface area contributed by atoms with E-state index >= 15 is 0 Å². The summed E-state index contributed by atoms with van der Waals surface area (Å²) in [5, 5.41) is 9.84. The van der Waals surface area contributed by atoms with Crippen molar-refractivity contribution in [3.05, 3.63) is 65.4 Å². The van der Waals surface area contributed by atoms with Gasteiger partial charge >= 0.3 is 0 Å². The average Bonchev–Trinajstić information content (AvgIpc) is 3.65. The van der Waals surface area contributed by atoms with Crippen molar-refractivity contribution in [3.8, 4) is 17.2 Å². The van der Waals surface area contributed by atoms with Gasteiger partial charge in [0.15, 0.2) is 11.6 Å². The van der Waals surface area contributed by atoms with E-state index in [-0.39, 0.29) is 11.4 Å². The van der Waals surface area contributed by atoms with Crippen molar-refractivity contribution in [1.29, 1.82) is 5.26 Å². The Hall–Kier alpha value is -3.22. The van der Waals surface area contributed by atoms with E-state index in [9.17, 15) is 23.0 Å². The van der Waals surface area contributed by atoms with Crippen LogP contribution in [0.25, 0.3) is 22.0 Å². The SMILES string of the molecule is CS(=O)N1CCN(C(=O)c2cnc3cc(F)c(F)cc3c2-c2ccc(C3(C#N)CC3)cc2)CC1. The lowest BCUT2D eigenvalue weighted by atomic mass is 9.91. The van der Waals surface area contributed by atoms with Gasteiger partial charge in [0.2, 0.25) is 0 Å². The van der Waals surface area contributed by atoms with Crippen LogP contribution in [0.3, 0.4) is 0 Å². The number of carbonyl (C=O) groups is 1. The monoisotopic (exact) mass is 480 g/mol. The first-order valence-corrected chi connectivity index (χ1v) is 12.5. The van der Waals surface area contributed by atoms with Gasteiger partial charge in [-0.05, 0) is 30.0 Å². The smallest absolute Gasteiger partial charge is 0.256 e. The van der Waals surface area contributed by atoms with Crippen LogP contribution < -0.4 is 0 Å². The number of aromatic nitrogens is 1. The summed E-state index contributed by atoms with van der Waals surface area (Å²) in [5.74, 6) is -2.29. The Bertz CT molecular complexity index is 1360. The van der Waals surface area contributed by atoms with Gasteiger partial charge in [-0.15, -0.1) is 0 Å². The van der Waals surface area contributed by atoms with Crippen molar-refractivity contribution >= 4 is 27.8 Å². The Balaban J connectivity index is 1.59. The summed E-state index contributed by atoms with van der Waals surface area (Å²) in [5.41, 5.74) is 2.13. The van der Waals surface area contributed by atoms with Crippen LogP contribution in [0.15, 0.2) is 42.6 Å². The standard InChI is InChI=1S/C25H22F2N4O2S/c1-34(33)31-10-8-30(9-11-31)24(32)19-14-29-22-13-21(27)20(26)12-18(22)23(19)16-2-4-17(5-3-16)25(15-28)6-7-25/h2-5,12-14H,6-11H2,1H3. The van der Waals surface area contributed by atoms with Crippen molar-refractivity contribution < 1.29 is 17.8 Å². The van der Waals surface area contributed by atoms with E-state index in [0.717, 1.165) is 30.5 Å². The molecule has 34 heavy (non-hydrogen) atoms. The summed E-state index contributed by atoms with van der Waals surface area (Å²) in [6.07, 6.45) is 4.64. The average molecular weight is 481 g/mol. The molecule has 1 unspecified atom stereocenters. The summed E-state index contributed by atoms with van der Waals surface area (Å²) < 4.78 is 41.7. The largest absolute Gasteiger partial charge is 0.336 e. The quantitative estimate of drug-likeness (QED) is 0.569. The third kappa shape index (κ3) is 3.87. The lowest BCUT2D eigenvalue weighted by Gasteiger charge is -2.33. The van der Waals surface area contributed by atoms with Crippen LogP contribution in [-0.4, -0.2) is 56.7 Å². The molecule has 174 valence electrons. The van der Waals surface area contributed by atoms with Gasteiger partial charge in [0.1, 0.15) is 0 Å². The van der Waals surface area contributed by atoms with Crippen LogP contribution in [0, 0.1) is 23.0 Å². The number of pyridine rings is 1. The van der Waals surface area contributed by atoms with E-state index in [0.29, 0.717) is 48.3 Å². The van der Waals surface area contributed by atoms with Gasteiger partial charge < -0.3 is 4.90 Å². The number of amides is 1. The van der Waals surface area contributed by atoms with E-state index in [2.05, 4.69) is 11.1 Å². The fourth-order valence-electron chi connectivity index (χ4n) is 4.52. The Kier molecular flexibility index (Phi) is 5.66. The maximum absolute atomic E-state index is 14.3. The summed E-state index contributed by atoms with van der Waals surface area (Å²) in [6, 6.07) is 11.8. The molecule has 2 aromatic carbocycles. The van der Waals surface area contributed by atoms with Crippen LogP contribution in [-0.2, 0) is 16.4 Å². The number of nitriles is 1. The van der Waals surface area contributed by atoms with Gasteiger partial charge in [-0.1, -0.05) is 24.3 Å². The number of halogens is 2. The fraction of sp³-hybridized carbons (Fsp3) is 0.320. The Labute approximate surface area is 198 Å². The minimum absolute atomic E-state index is 0.247. The molecule has 1 aromatic heterocycles. The zero-order valence-corrected chi connectivity index (χ0v) is 19.4. The van der Waals surface area contributed by atoms with E-state index < -0.39 is 28.0 Å². The summed E-state index contributed by atoms with van der Waals surface area (Å²) in [7, 11) is -1.10. The minimum atomic E-state index is -1.10. The molecule has 9 heteroatoms. The molecule has 0 bridgehead atoms. The molecule has 0 N–H and O–H groups in total. The third-order valence-corrected chi connectivity index (χ3v) is 7.81. The number of benzene rings is 2. The molecule has 5 rings (SSSR count). The molecule has 2 heterocycles. The molecule has 6 nitrogen and oxygen atoms in total. The molecule has 1 amide bonds. The number of piperazine rings is 1. The maximum atomic E-state index is 14.3. The van der Waals surface area contributed by atoms with Crippen LogP contribution >= 0.6 is 0 Å². The normalized spacial score (nSPS) is 18.5. The van der Waals surface area contributed by atoms with Crippen molar-refractivity contribution in [2.75, 3.05) is 32.4 Å². The molecule has 2 aliphatic rings. The van der Waals surface area contributed by atoms with Gasteiger partial charge in [-0.3, -0.25) is 9.78 Å². The highest BCUT2D eigenvalue weighted by molar-refractivity contribution is 7.81. The highest BCUT2D eigenvalue weighted by Crippen LogP contribution is 2.48. The van der Waals surface area contributed by atoms with Crippen molar-refractivity contribution in [2.45, 2.75) is 18.3 Å². The number of nitrogens with zero attached hydrogens (tertiary/aromatic N) is 4. The lowest BCUT2D eigenvalue weighted by molar-refractivity contribution is 0.0701. The fourth-order valence-corrected chi connectivity index (χ4v) is 5.20. The third-order valence-electron chi connectivity index (χ3n) is 6.72. The molecule has 1 saturated heterocycles. The number of hydrogen-bond donors (Lipinski definition) is 0. The summed E-state index contributed by atoms with van der Waals surface area (Å²) >= 11 is 0. The molecule has 1 saturated carbocycles. The van der Waals surface area contributed by atoms with E-state index in [1.807, 2.05) is 24.3 Å². The highest BCUT2D eigenvalue weighted by Gasteiger charge is 2.44. The first-order valence-electron chi connectivity index (χ1n) is 11.0. The van der Waals surface area contributed by atoms with Crippen molar-refractivity contribution in [2.24, 2.45) is 0 Å². The molecule has 2 fully saturated rings. The Morgan fingerprint density at radius 3 is 2.32 bits per heavy atom. The van der Waals surface area contributed by atoms with Crippen molar-refractivity contribution in [3.63, 3.8) is 0 Å². The molecular formula is C25H22F2N4O2S. The number of fused-ring (bicyclic) bond motifs is 1. The van der Waals surface area contributed by atoms with E-state index in [4.69, 9.17) is 0 Å². The predicted molar refractivity (Wildman–Crippen MR) is 125 cm³/mol. The van der Waals surface area contributed by atoms with Gasteiger partial charge in [0, 0.05) is 55.6 Å². The first-order chi connectivity index (χ1) is 16.3. The summed E-state index contributed by atoms with van der Waals surface area (Å²) in [6.45, 7) is 1.76. The minimum Gasteiger partial charge on any atom is -0.336 e. The lowest BCUT2D eigenvalue weighted by Crippen LogP contribution is -2.49. The van der Waals surface area contributed by atoms with Gasteiger partial charge in [-0.2, -0.15) is 5.26 Å². The number of hydrogen-bond acceptors (Lipinski definition) is 4. The number of carbonyl (C=O) groups excluding carboxylic acids is 1. The molecule has 0 spiro atoms. The zero-order chi connectivity index (χ0) is 24.0. The van der Waals surface area contributed by atoms with E-state index in [1.54, 1.807) is 15.5 Å².